The molecule has 2 aromatic heterocycles. The van der Waals surface area contributed by atoms with E-state index in [1.165, 1.54) is 12.1 Å². The van der Waals surface area contributed by atoms with Crippen LogP contribution < -0.4 is 0 Å². The zero-order valence-electron chi connectivity index (χ0n) is 25.2. The molecule has 234 valence electrons. The van der Waals surface area contributed by atoms with Crippen molar-refractivity contribution in [1.29, 1.82) is 0 Å². The van der Waals surface area contributed by atoms with E-state index >= 15 is 0 Å². The topological polar surface area (TPSA) is 69.2 Å². The Labute approximate surface area is 251 Å². The number of nitrogens with zero attached hydrogens (tertiary/aromatic N) is 2. The van der Waals surface area contributed by atoms with Gasteiger partial charge in [0, 0.05) is 0 Å². The summed E-state index contributed by atoms with van der Waals surface area (Å²) in [4.78, 5) is 29.1. The number of rotatable bonds is 4. The molecular weight excluding hydrogens is 586 g/mol. The van der Waals surface area contributed by atoms with Crippen molar-refractivity contribution in [2.75, 3.05) is 7.11 Å². The molecule has 0 saturated carbocycles. The number of aldehydes is 1. The van der Waals surface area contributed by atoms with Crippen LogP contribution in [0.1, 0.15) is 68.5 Å². The highest BCUT2D eigenvalue weighted by Gasteiger charge is 2.35. The molecule has 0 aliphatic rings. The minimum absolute atomic E-state index is 0.225. The molecule has 11 heteroatoms. The van der Waals surface area contributed by atoms with Gasteiger partial charge in [-0.2, -0.15) is 26.3 Å². The molecule has 2 heterocycles. The van der Waals surface area contributed by atoms with E-state index in [2.05, 4.69) is 14.7 Å². The maximum absolute atomic E-state index is 13.0. The molecule has 0 radical (unpaired) electrons. The second-order valence-corrected chi connectivity index (χ2v) is 9.43. The molecule has 44 heavy (non-hydrogen) atoms. The Hall–Kier alpha value is -4.54. The lowest BCUT2D eigenvalue weighted by atomic mass is 9.95. The van der Waals surface area contributed by atoms with Crippen LogP contribution in [-0.4, -0.2) is 29.3 Å². The van der Waals surface area contributed by atoms with Gasteiger partial charge < -0.3 is 4.74 Å². The number of esters is 1. The van der Waals surface area contributed by atoms with Crippen molar-refractivity contribution in [3.8, 4) is 22.3 Å². The Morgan fingerprint density at radius 3 is 1.43 bits per heavy atom. The number of benzene rings is 2. The normalized spacial score (nSPS) is 11.0. The lowest BCUT2D eigenvalue weighted by Crippen LogP contribution is -2.13. The zero-order chi connectivity index (χ0) is 33.4. The molecular formula is C33H32F6N2O3. The van der Waals surface area contributed by atoms with Crippen molar-refractivity contribution in [2.45, 2.75) is 53.9 Å². The number of ether oxygens (including phenoxy) is 1. The fraction of sp³-hybridized carbons (Fsp3) is 0.273. The highest BCUT2D eigenvalue weighted by molar-refractivity contribution is 5.89. The van der Waals surface area contributed by atoms with E-state index < -0.39 is 29.7 Å². The third-order valence-electron chi connectivity index (χ3n) is 6.31. The number of hydrogen-bond donors (Lipinski definition) is 0. The number of carbonyl (C=O) groups excluding carboxylic acids is 2. The summed E-state index contributed by atoms with van der Waals surface area (Å²) < 4.78 is 82.0. The van der Waals surface area contributed by atoms with Gasteiger partial charge in [-0.1, -0.05) is 50.2 Å². The number of alkyl halides is 6. The number of methoxy groups -OCH3 is 1. The molecule has 0 bridgehead atoms. The first kappa shape index (κ1) is 35.7. The van der Waals surface area contributed by atoms with Crippen molar-refractivity contribution < 1.29 is 40.7 Å². The predicted octanol–water partition coefficient (Wildman–Crippen LogP) is 9.39. The Bertz CT molecular complexity index is 1590. The minimum Gasteiger partial charge on any atom is -0.464 e. The lowest BCUT2D eigenvalue weighted by molar-refractivity contribution is -0.142. The van der Waals surface area contributed by atoms with Gasteiger partial charge in [0.2, 0.25) is 0 Å². The molecule has 0 amide bonds. The summed E-state index contributed by atoms with van der Waals surface area (Å²) in [6, 6.07) is 15.5. The Morgan fingerprint density at radius 2 is 1.07 bits per heavy atom. The van der Waals surface area contributed by atoms with Gasteiger partial charge in [-0.15, -0.1) is 0 Å². The number of hydrogen-bond acceptors (Lipinski definition) is 5. The van der Waals surface area contributed by atoms with E-state index in [1.54, 1.807) is 26.0 Å². The van der Waals surface area contributed by atoms with Crippen LogP contribution in [-0.2, 0) is 17.1 Å². The first-order valence-electron chi connectivity index (χ1n) is 13.4. The molecule has 0 saturated heterocycles. The van der Waals surface area contributed by atoms with E-state index in [4.69, 9.17) is 0 Å². The number of halogens is 6. The molecule has 0 unspecified atom stereocenters. The molecule has 0 aliphatic heterocycles. The van der Waals surface area contributed by atoms with Crippen LogP contribution in [0.2, 0.25) is 0 Å². The van der Waals surface area contributed by atoms with Gasteiger partial charge in [-0.05, 0) is 96.5 Å². The van der Waals surface area contributed by atoms with Gasteiger partial charge in [0.15, 0.2) is 6.29 Å². The Morgan fingerprint density at radius 1 is 0.682 bits per heavy atom. The van der Waals surface area contributed by atoms with Gasteiger partial charge in [0.25, 0.3) is 0 Å². The van der Waals surface area contributed by atoms with Crippen LogP contribution in [0.25, 0.3) is 22.3 Å². The second kappa shape index (κ2) is 14.8. The standard InChI is InChI=1S/C16H14F3NO2.C15H12F3NO.C2H6/c1-9-5-4-6-10(2)14(9)11-7-12(15(21)22-3)20-13(8-11)16(17,18)19;1-9-4-3-5-10(2)14(9)11-6-12(8-20)19-13(7-11)15(16,17)18;1-2/h4-8H,1-3H3;3-8H,1-2H3;1-2H3. The van der Waals surface area contributed by atoms with E-state index in [0.29, 0.717) is 28.5 Å². The largest absolute Gasteiger partial charge is 0.464 e. The SMILES string of the molecule is CC.COC(=O)c1cc(-c2c(C)cccc2C)cc(C(F)(F)F)n1.Cc1cccc(C)c1-c1cc(C=O)nc(C(F)(F)F)c1. The van der Waals surface area contributed by atoms with Gasteiger partial charge in [0.05, 0.1) is 7.11 Å². The quantitative estimate of drug-likeness (QED) is 0.130. The number of carbonyl (C=O) groups is 2. The van der Waals surface area contributed by atoms with E-state index in [-0.39, 0.29) is 11.4 Å². The van der Waals surface area contributed by atoms with Gasteiger partial charge in [0.1, 0.15) is 22.8 Å². The smallest absolute Gasteiger partial charge is 0.433 e. The monoisotopic (exact) mass is 618 g/mol. The van der Waals surface area contributed by atoms with Gasteiger partial charge >= 0.3 is 18.3 Å². The summed E-state index contributed by atoms with van der Waals surface area (Å²) in [7, 11) is 1.10. The fourth-order valence-electron chi connectivity index (χ4n) is 4.47. The second-order valence-electron chi connectivity index (χ2n) is 9.43. The third kappa shape index (κ3) is 8.75. The average molecular weight is 619 g/mol. The minimum atomic E-state index is -4.64. The van der Waals surface area contributed by atoms with Gasteiger partial charge in [-0.3, -0.25) is 4.79 Å². The summed E-state index contributed by atoms with van der Waals surface area (Å²) in [6.07, 6.45) is -8.90. The molecule has 2 aromatic carbocycles. The molecule has 0 aliphatic carbocycles. The summed E-state index contributed by atoms with van der Waals surface area (Å²) >= 11 is 0. The highest BCUT2D eigenvalue weighted by atomic mass is 19.4. The summed E-state index contributed by atoms with van der Waals surface area (Å²) in [5.41, 5.74) is 2.56. The van der Waals surface area contributed by atoms with Gasteiger partial charge in [-0.25, -0.2) is 14.8 Å². The Kier molecular flexibility index (Phi) is 12.0. The first-order valence-corrected chi connectivity index (χ1v) is 13.4. The van der Waals surface area contributed by atoms with E-state index in [9.17, 15) is 35.9 Å². The molecule has 0 atom stereocenters. The number of aromatic nitrogens is 2. The van der Waals surface area contributed by atoms with Crippen LogP contribution in [0.4, 0.5) is 26.3 Å². The van der Waals surface area contributed by atoms with Crippen molar-refractivity contribution in [3.05, 3.63) is 106 Å². The molecule has 0 N–H and O–H groups in total. The van der Waals surface area contributed by atoms with Crippen LogP contribution >= 0.6 is 0 Å². The first-order chi connectivity index (χ1) is 20.6. The molecule has 0 spiro atoms. The summed E-state index contributed by atoms with van der Waals surface area (Å²) in [6.45, 7) is 11.2. The third-order valence-corrected chi connectivity index (χ3v) is 6.31. The van der Waals surface area contributed by atoms with Crippen LogP contribution in [0.3, 0.4) is 0 Å². The molecule has 4 rings (SSSR count). The maximum Gasteiger partial charge on any atom is 0.433 e. The summed E-state index contributed by atoms with van der Waals surface area (Å²) in [5, 5.41) is 0. The number of pyridine rings is 2. The molecule has 5 nitrogen and oxygen atoms in total. The fourth-order valence-corrected chi connectivity index (χ4v) is 4.47. The van der Waals surface area contributed by atoms with Crippen molar-refractivity contribution in [1.82, 2.24) is 9.97 Å². The molecule has 4 aromatic rings. The van der Waals surface area contributed by atoms with Crippen molar-refractivity contribution in [2.24, 2.45) is 0 Å². The van der Waals surface area contributed by atoms with E-state index in [1.807, 2.05) is 52.0 Å². The maximum atomic E-state index is 13.0. The van der Waals surface area contributed by atoms with Crippen LogP contribution in [0.15, 0.2) is 60.7 Å². The highest BCUT2D eigenvalue weighted by Crippen LogP contribution is 2.35. The zero-order valence-corrected chi connectivity index (χ0v) is 25.2. The lowest BCUT2D eigenvalue weighted by Gasteiger charge is -2.14. The van der Waals surface area contributed by atoms with Crippen molar-refractivity contribution in [3.63, 3.8) is 0 Å². The van der Waals surface area contributed by atoms with Crippen molar-refractivity contribution >= 4 is 12.3 Å². The predicted molar refractivity (Wildman–Crippen MR) is 156 cm³/mol. The van der Waals surface area contributed by atoms with E-state index in [0.717, 1.165) is 41.5 Å². The average Bonchev–Trinajstić information content (AvgIpc) is 2.96. The number of aryl methyl sites for hydroxylation is 4. The van der Waals surface area contributed by atoms with Crippen LogP contribution in [0.5, 0.6) is 0 Å². The molecule has 0 fully saturated rings. The van der Waals surface area contributed by atoms with Crippen LogP contribution in [0, 0.1) is 27.7 Å². The summed E-state index contributed by atoms with van der Waals surface area (Å²) in [5.74, 6) is -0.904. The Balaban J connectivity index is 0.000000292.